The van der Waals surface area contributed by atoms with Crippen molar-refractivity contribution in [2.45, 2.75) is 30.9 Å². The minimum Gasteiger partial charge on any atom is -0.259 e. The number of nitro groups is 1. The van der Waals surface area contributed by atoms with Gasteiger partial charge in [-0.05, 0) is 17.7 Å². The fourth-order valence-electron chi connectivity index (χ4n) is 1.21. The van der Waals surface area contributed by atoms with Crippen molar-refractivity contribution in [3.63, 3.8) is 0 Å². The van der Waals surface area contributed by atoms with Crippen molar-refractivity contribution in [1.82, 2.24) is 0 Å². The van der Waals surface area contributed by atoms with Gasteiger partial charge in [0, 0.05) is 23.1 Å². The van der Waals surface area contributed by atoms with Gasteiger partial charge in [-0.2, -0.15) is 0 Å². The van der Waals surface area contributed by atoms with Crippen LogP contribution in [0.4, 0.5) is 0 Å². The summed E-state index contributed by atoms with van der Waals surface area (Å²) in [7, 11) is 0. The summed E-state index contributed by atoms with van der Waals surface area (Å²) in [5.74, 6) is 0. The molecule has 0 saturated carbocycles. The molecule has 0 heterocycles. The second-order valence-corrected chi connectivity index (χ2v) is 5.43. The van der Waals surface area contributed by atoms with E-state index in [1.165, 1.54) is 11.8 Å². The lowest BCUT2D eigenvalue weighted by Gasteiger charge is -2.04. The van der Waals surface area contributed by atoms with Crippen molar-refractivity contribution in [3.8, 4) is 0 Å². The van der Waals surface area contributed by atoms with E-state index in [1.807, 2.05) is 24.3 Å². The summed E-state index contributed by atoms with van der Waals surface area (Å²) in [5.41, 5.74) is 1.02. The molecule has 0 amide bonds. The summed E-state index contributed by atoms with van der Waals surface area (Å²) in [6.45, 7) is 5.77. The molecule has 0 bridgehead atoms. The Morgan fingerprint density at radius 3 is 2.38 bits per heavy atom. The molecule has 0 radical (unpaired) electrons. The highest BCUT2D eigenvalue weighted by molar-refractivity contribution is 7.99. The molecule has 0 unspecified atom stereocenters. The van der Waals surface area contributed by atoms with Crippen LogP contribution in [0.15, 0.2) is 34.9 Å². The first-order chi connectivity index (χ1) is 7.49. The monoisotopic (exact) mass is 237 g/mol. The van der Waals surface area contributed by atoms with Crippen LogP contribution < -0.4 is 0 Å². The number of thioether (sulfide) groups is 1. The molecule has 0 N–H and O–H groups in total. The molecule has 1 aromatic carbocycles. The molecule has 3 nitrogen and oxygen atoms in total. The molecule has 0 aromatic heterocycles. The lowest BCUT2D eigenvalue weighted by atomic mass is 10.2. The minimum atomic E-state index is -0.378. The topological polar surface area (TPSA) is 43.1 Å². The number of hydrogen-bond donors (Lipinski definition) is 0. The first kappa shape index (κ1) is 12.8. The predicted octanol–water partition coefficient (Wildman–Crippen LogP) is 3.82. The third-order valence-corrected chi connectivity index (χ3v) is 2.93. The normalized spacial score (nSPS) is 11.9. The van der Waals surface area contributed by atoms with Crippen molar-refractivity contribution in [2.75, 3.05) is 0 Å². The van der Waals surface area contributed by atoms with Crippen molar-refractivity contribution in [1.29, 1.82) is 0 Å². The van der Waals surface area contributed by atoms with E-state index in [9.17, 15) is 10.1 Å². The highest BCUT2D eigenvalue weighted by Crippen LogP contribution is 2.23. The molecule has 0 aliphatic rings. The smallest absolute Gasteiger partial charge is 0.243 e. The molecule has 1 aromatic rings. The summed E-state index contributed by atoms with van der Waals surface area (Å²) in [6, 6.07) is 7.78. The molecule has 0 fully saturated rings. The van der Waals surface area contributed by atoms with Crippen LogP contribution >= 0.6 is 11.8 Å². The maximum absolute atomic E-state index is 10.4. The SMILES string of the molecule is C/C(=C/c1ccc(SC(C)C)cc1)[N+](=O)[O-]. The third kappa shape index (κ3) is 4.06. The van der Waals surface area contributed by atoms with Gasteiger partial charge in [-0.15, -0.1) is 11.8 Å². The Bertz CT molecular complexity index is 396. The van der Waals surface area contributed by atoms with Gasteiger partial charge in [0.25, 0.3) is 0 Å². The van der Waals surface area contributed by atoms with Crippen molar-refractivity contribution in [2.24, 2.45) is 0 Å². The van der Waals surface area contributed by atoms with Crippen LogP contribution in [0.3, 0.4) is 0 Å². The molecular formula is C12H15NO2S. The zero-order valence-corrected chi connectivity index (χ0v) is 10.5. The van der Waals surface area contributed by atoms with Gasteiger partial charge in [0.15, 0.2) is 0 Å². The minimum absolute atomic E-state index is 0.157. The summed E-state index contributed by atoms with van der Waals surface area (Å²) >= 11 is 1.78. The second-order valence-electron chi connectivity index (χ2n) is 3.78. The van der Waals surface area contributed by atoms with E-state index in [0.717, 1.165) is 5.56 Å². The lowest BCUT2D eigenvalue weighted by molar-refractivity contribution is -0.422. The van der Waals surface area contributed by atoms with Crippen LogP contribution in [0, 0.1) is 10.1 Å². The molecule has 1 rings (SSSR count). The van der Waals surface area contributed by atoms with E-state index in [2.05, 4.69) is 13.8 Å². The molecule has 86 valence electrons. The van der Waals surface area contributed by atoms with E-state index in [0.29, 0.717) is 5.25 Å². The Morgan fingerprint density at radius 1 is 1.38 bits per heavy atom. The third-order valence-electron chi connectivity index (χ3n) is 1.92. The second kappa shape index (κ2) is 5.70. The number of rotatable bonds is 4. The van der Waals surface area contributed by atoms with Crippen LogP contribution in [0.2, 0.25) is 0 Å². The Labute approximate surface area is 99.7 Å². The fourth-order valence-corrected chi connectivity index (χ4v) is 2.05. The molecule has 0 aliphatic heterocycles. The molecule has 0 aliphatic carbocycles. The summed E-state index contributed by atoms with van der Waals surface area (Å²) in [5, 5.41) is 11.0. The maximum Gasteiger partial charge on any atom is 0.243 e. The Kier molecular flexibility index (Phi) is 4.55. The average molecular weight is 237 g/mol. The van der Waals surface area contributed by atoms with E-state index < -0.39 is 0 Å². The summed E-state index contributed by atoms with van der Waals surface area (Å²) < 4.78 is 0. The van der Waals surface area contributed by atoms with Gasteiger partial charge in [0.2, 0.25) is 5.70 Å². The molecule has 0 spiro atoms. The maximum atomic E-state index is 10.4. The van der Waals surface area contributed by atoms with Gasteiger partial charge in [0.1, 0.15) is 0 Å². The molecule has 0 saturated heterocycles. The first-order valence-corrected chi connectivity index (χ1v) is 5.96. The molecule has 4 heteroatoms. The number of benzene rings is 1. The Balaban J connectivity index is 2.79. The van der Waals surface area contributed by atoms with Gasteiger partial charge >= 0.3 is 0 Å². The van der Waals surface area contributed by atoms with Crippen molar-refractivity contribution < 1.29 is 4.92 Å². The van der Waals surface area contributed by atoms with Gasteiger partial charge in [-0.3, -0.25) is 10.1 Å². The van der Waals surface area contributed by atoms with Crippen LogP contribution in [-0.2, 0) is 0 Å². The number of hydrogen-bond acceptors (Lipinski definition) is 3. The molecule has 0 atom stereocenters. The van der Waals surface area contributed by atoms with Crippen molar-refractivity contribution >= 4 is 17.8 Å². The van der Waals surface area contributed by atoms with E-state index >= 15 is 0 Å². The van der Waals surface area contributed by atoms with E-state index in [1.54, 1.807) is 17.8 Å². The van der Waals surface area contributed by atoms with E-state index in [-0.39, 0.29) is 10.6 Å². The highest BCUT2D eigenvalue weighted by Gasteiger charge is 2.02. The predicted molar refractivity (Wildman–Crippen MR) is 68.1 cm³/mol. The van der Waals surface area contributed by atoms with E-state index in [4.69, 9.17) is 0 Å². The van der Waals surface area contributed by atoms with Crippen molar-refractivity contribution in [3.05, 3.63) is 45.6 Å². The summed E-state index contributed by atoms with van der Waals surface area (Å²) in [4.78, 5) is 11.3. The van der Waals surface area contributed by atoms with Gasteiger partial charge in [-0.25, -0.2) is 0 Å². The highest BCUT2D eigenvalue weighted by atomic mass is 32.2. The van der Waals surface area contributed by atoms with Crippen LogP contribution in [0.5, 0.6) is 0 Å². The average Bonchev–Trinajstić information content (AvgIpc) is 2.20. The number of nitrogens with zero attached hydrogens (tertiary/aromatic N) is 1. The van der Waals surface area contributed by atoms with Crippen LogP contribution in [0.1, 0.15) is 26.3 Å². The number of allylic oxidation sites excluding steroid dienone is 1. The Morgan fingerprint density at radius 2 is 1.94 bits per heavy atom. The van der Waals surface area contributed by atoms with Gasteiger partial charge < -0.3 is 0 Å². The molecule has 16 heavy (non-hydrogen) atoms. The van der Waals surface area contributed by atoms with Gasteiger partial charge in [-0.1, -0.05) is 26.0 Å². The van der Waals surface area contributed by atoms with Crippen LogP contribution in [0.25, 0.3) is 6.08 Å². The zero-order valence-electron chi connectivity index (χ0n) is 9.64. The zero-order chi connectivity index (χ0) is 12.1. The van der Waals surface area contributed by atoms with Crippen LogP contribution in [-0.4, -0.2) is 10.2 Å². The van der Waals surface area contributed by atoms with Gasteiger partial charge in [0.05, 0.1) is 4.92 Å². The molecular weight excluding hydrogens is 222 g/mol. The standard InChI is InChI=1S/C12H15NO2S/c1-9(2)16-12-6-4-11(5-7-12)8-10(3)13(14)15/h4-9H,1-3H3/b10-8-. The summed E-state index contributed by atoms with van der Waals surface area (Å²) in [6.07, 6.45) is 1.57. The lowest BCUT2D eigenvalue weighted by Crippen LogP contribution is -1.92. The Hall–Kier alpha value is -1.29. The fraction of sp³-hybridized carbons (Fsp3) is 0.333. The first-order valence-electron chi connectivity index (χ1n) is 5.08. The largest absolute Gasteiger partial charge is 0.259 e. The quantitative estimate of drug-likeness (QED) is 0.454.